The van der Waals surface area contributed by atoms with Crippen LogP contribution in [0.2, 0.25) is 0 Å². The van der Waals surface area contributed by atoms with Gasteiger partial charge >= 0.3 is 11.9 Å². The van der Waals surface area contributed by atoms with Crippen LogP contribution in [0.25, 0.3) is 11.3 Å². The van der Waals surface area contributed by atoms with Crippen LogP contribution < -0.4 is 4.90 Å². The van der Waals surface area contributed by atoms with E-state index in [4.69, 9.17) is 5.11 Å². The van der Waals surface area contributed by atoms with Gasteiger partial charge in [-0.15, -0.1) is 0 Å². The molecule has 10 nitrogen and oxygen atoms in total. The minimum Gasteiger partial charge on any atom is -0.478 e. The fourth-order valence-electron chi connectivity index (χ4n) is 5.80. The third-order valence-electron chi connectivity index (χ3n) is 7.95. The predicted molar refractivity (Wildman–Crippen MR) is 146 cm³/mol. The second-order valence-corrected chi connectivity index (χ2v) is 10.4. The van der Waals surface area contributed by atoms with Crippen molar-refractivity contribution in [3.8, 4) is 11.3 Å². The molecular formula is C30H27N5O5. The maximum Gasteiger partial charge on any atom is 0.354 e. The van der Waals surface area contributed by atoms with E-state index < -0.39 is 17.4 Å². The van der Waals surface area contributed by atoms with Crippen LogP contribution in [-0.4, -0.2) is 60.6 Å². The van der Waals surface area contributed by atoms with Crippen LogP contribution in [-0.2, 0) is 24.8 Å². The Kier molecular flexibility index (Phi) is 6.19. The van der Waals surface area contributed by atoms with Crippen molar-refractivity contribution in [2.45, 2.75) is 19.4 Å². The molecule has 0 aliphatic carbocycles. The predicted octanol–water partition coefficient (Wildman–Crippen LogP) is 3.99. The molecule has 0 saturated carbocycles. The molecule has 1 amide bonds. The summed E-state index contributed by atoms with van der Waals surface area (Å²) >= 11 is 0. The van der Waals surface area contributed by atoms with Gasteiger partial charge in [-0.3, -0.25) is 19.6 Å². The van der Waals surface area contributed by atoms with E-state index in [0.717, 1.165) is 16.8 Å². The van der Waals surface area contributed by atoms with Crippen LogP contribution in [0, 0.1) is 5.41 Å². The van der Waals surface area contributed by atoms with Crippen LogP contribution in [0.3, 0.4) is 0 Å². The second-order valence-electron chi connectivity index (χ2n) is 10.4. The Morgan fingerprint density at radius 1 is 0.950 bits per heavy atom. The van der Waals surface area contributed by atoms with E-state index in [0.29, 0.717) is 49.7 Å². The molecule has 2 aliphatic rings. The average Bonchev–Trinajstić information content (AvgIpc) is 3.53. The molecule has 10 heteroatoms. The number of hydrogen-bond donors (Lipinski definition) is 2. The van der Waals surface area contributed by atoms with E-state index >= 15 is 0 Å². The van der Waals surface area contributed by atoms with Gasteiger partial charge in [-0.05, 0) is 55.3 Å². The van der Waals surface area contributed by atoms with E-state index in [1.807, 2.05) is 30.3 Å². The quantitative estimate of drug-likeness (QED) is 0.378. The Morgan fingerprint density at radius 2 is 1.73 bits per heavy atom. The standard InChI is InChI=1S/C30H27N5O5/c1-33-25(28(38)39)16-32-26(33)17-34-13-12-30(18-34)14-21-4-2-3-5-24(21)35(29(30)40)22-10-11-23(31-15-22)19-6-8-20(9-7-19)27(36)37/h2-11,15-16H,12-14,17-18H2,1H3,(H,36,37)(H,38,39). The van der Waals surface area contributed by atoms with E-state index in [2.05, 4.69) is 20.9 Å². The molecule has 0 bridgehead atoms. The van der Waals surface area contributed by atoms with Gasteiger partial charge in [0, 0.05) is 19.2 Å². The molecule has 4 aromatic rings. The number of para-hydroxylation sites is 1. The van der Waals surface area contributed by atoms with E-state index in [1.54, 1.807) is 47.0 Å². The zero-order valence-electron chi connectivity index (χ0n) is 21.8. The Morgan fingerprint density at radius 3 is 2.40 bits per heavy atom. The highest BCUT2D eigenvalue weighted by Gasteiger charge is 2.50. The van der Waals surface area contributed by atoms with Gasteiger partial charge in [0.1, 0.15) is 11.5 Å². The molecule has 1 fully saturated rings. The summed E-state index contributed by atoms with van der Waals surface area (Å²) in [6.07, 6.45) is 4.35. The largest absolute Gasteiger partial charge is 0.478 e. The number of carbonyl (C=O) groups excluding carboxylic acids is 1. The molecule has 6 rings (SSSR count). The third kappa shape index (κ3) is 4.32. The number of carboxylic acids is 2. The normalized spacial score (nSPS) is 18.7. The monoisotopic (exact) mass is 537 g/mol. The number of likely N-dealkylation sites (tertiary alicyclic amines) is 1. The van der Waals surface area contributed by atoms with E-state index in [-0.39, 0.29) is 17.2 Å². The van der Waals surface area contributed by atoms with E-state index in [9.17, 15) is 19.5 Å². The van der Waals surface area contributed by atoms with Crippen molar-refractivity contribution in [1.82, 2.24) is 19.4 Å². The number of aromatic nitrogens is 3. The number of carboxylic acid groups (broad SMARTS) is 2. The highest BCUT2D eigenvalue weighted by molar-refractivity contribution is 6.06. The molecule has 1 unspecified atom stereocenters. The molecule has 2 aromatic heterocycles. The highest BCUT2D eigenvalue weighted by Crippen LogP contribution is 2.46. The first-order chi connectivity index (χ1) is 19.3. The van der Waals surface area contributed by atoms with E-state index in [1.165, 1.54) is 6.20 Å². The van der Waals surface area contributed by atoms with Gasteiger partial charge in [-0.25, -0.2) is 14.6 Å². The molecule has 1 saturated heterocycles. The number of benzene rings is 2. The Balaban J connectivity index is 1.28. The van der Waals surface area contributed by atoms with Crippen molar-refractivity contribution in [1.29, 1.82) is 0 Å². The zero-order valence-corrected chi connectivity index (χ0v) is 21.8. The van der Waals surface area contributed by atoms with Crippen molar-refractivity contribution in [2.24, 2.45) is 12.5 Å². The van der Waals surface area contributed by atoms with Crippen LogP contribution >= 0.6 is 0 Å². The Bertz CT molecular complexity index is 1630. The topological polar surface area (TPSA) is 129 Å². The first kappa shape index (κ1) is 25.4. The lowest BCUT2D eigenvalue weighted by Crippen LogP contribution is -2.48. The van der Waals surface area contributed by atoms with Gasteiger partial charge in [0.15, 0.2) is 0 Å². The fourth-order valence-corrected chi connectivity index (χ4v) is 5.80. The summed E-state index contributed by atoms with van der Waals surface area (Å²) in [4.78, 5) is 49.7. The molecule has 2 N–H and O–H groups in total. The minimum absolute atomic E-state index is 0.0140. The van der Waals surface area contributed by atoms with Gasteiger partial charge < -0.3 is 14.8 Å². The molecule has 0 radical (unpaired) electrons. The highest BCUT2D eigenvalue weighted by atomic mass is 16.4. The first-order valence-electron chi connectivity index (χ1n) is 12.9. The number of pyridine rings is 1. The number of imidazole rings is 1. The number of rotatable bonds is 6. The fraction of sp³-hybridized carbons (Fsp3) is 0.233. The van der Waals surface area contributed by atoms with Crippen LogP contribution in [0.4, 0.5) is 11.4 Å². The summed E-state index contributed by atoms with van der Waals surface area (Å²) in [5.41, 5.74) is 3.76. The SMILES string of the molecule is Cn1c(C(=O)O)cnc1CN1CCC2(Cc3ccccc3N(c3ccc(-c4ccc(C(=O)O)cc4)nc3)C2=O)C1. The van der Waals surface area contributed by atoms with Crippen LogP contribution in [0.5, 0.6) is 0 Å². The van der Waals surface area contributed by atoms with Crippen LogP contribution in [0.15, 0.2) is 73.1 Å². The third-order valence-corrected chi connectivity index (χ3v) is 7.95. The number of anilines is 2. The Labute approximate surface area is 230 Å². The number of fused-ring (bicyclic) bond motifs is 1. The van der Waals surface area contributed by atoms with Gasteiger partial charge in [0.2, 0.25) is 5.91 Å². The van der Waals surface area contributed by atoms with Gasteiger partial charge in [-0.1, -0.05) is 30.3 Å². The number of carbonyl (C=O) groups is 3. The number of nitrogens with zero attached hydrogens (tertiary/aromatic N) is 5. The minimum atomic E-state index is -1.02. The van der Waals surface area contributed by atoms with Gasteiger partial charge in [0.05, 0.1) is 47.0 Å². The molecule has 202 valence electrons. The number of aromatic carboxylic acids is 2. The number of amides is 1. The molecule has 4 heterocycles. The maximum atomic E-state index is 14.2. The van der Waals surface area contributed by atoms with Crippen LogP contribution in [0.1, 0.15) is 38.7 Å². The molecule has 2 aromatic carbocycles. The maximum absolute atomic E-state index is 14.2. The van der Waals surface area contributed by atoms with Gasteiger partial charge in [0.25, 0.3) is 0 Å². The summed E-state index contributed by atoms with van der Waals surface area (Å²) < 4.78 is 1.58. The van der Waals surface area contributed by atoms with Crippen molar-refractivity contribution in [3.63, 3.8) is 0 Å². The molecule has 1 spiro atoms. The van der Waals surface area contributed by atoms with Crippen molar-refractivity contribution < 1.29 is 24.6 Å². The van der Waals surface area contributed by atoms with Crippen molar-refractivity contribution >= 4 is 29.2 Å². The summed E-state index contributed by atoms with van der Waals surface area (Å²) in [6.45, 7) is 1.69. The second kappa shape index (κ2) is 9.73. The lowest BCUT2D eigenvalue weighted by molar-refractivity contribution is -0.127. The van der Waals surface area contributed by atoms with Crippen molar-refractivity contribution in [3.05, 3.63) is 95.7 Å². The summed E-state index contributed by atoms with van der Waals surface area (Å²) in [5.74, 6) is -1.35. The van der Waals surface area contributed by atoms with Crippen molar-refractivity contribution in [2.75, 3.05) is 18.0 Å². The average molecular weight is 538 g/mol. The summed E-state index contributed by atoms with van der Waals surface area (Å²) in [6, 6.07) is 18.1. The molecule has 2 aliphatic heterocycles. The summed E-state index contributed by atoms with van der Waals surface area (Å²) in [7, 11) is 1.69. The molecule has 1 atom stereocenters. The smallest absolute Gasteiger partial charge is 0.354 e. The number of hydrogen-bond acceptors (Lipinski definition) is 6. The lowest BCUT2D eigenvalue weighted by atomic mass is 9.76. The summed E-state index contributed by atoms with van der Waals surface area (Å²) in [5, 5.41) is 18.5. The lowest BCUT2D eigenvalue weighted by Gasteiger charge is -2.40. The molecular weight excluding hydrogens is 510 g/mol. The van der Waals surface area contributed by atoms with Gasteiger partial charge in [-0.2, -0.15) is 0 Å². The molecule has 40 heavy (non-hydrogen) atoms. The zero-order chi connectivity index (χ0) is 28.0. The Hall–Kier alpha value is -4.83. The first-order valence-corrected chi connectivity index (χ1v) is 12.9.